The molecule has 0 aromatic carbocycles. The van der Waals surface area contributed by atoms with Gasteiger partial charge in [0.1, 0.15) is 0 Å². The zero-order valence-electron chi connectivity index (χ0n) is 12.0. The number of rotatable bonds is 13. The zero-order valence-corrected chi connectivity index (χ0v) is 12.0. The van der Waals surface area contributed by atoms with Gasteiger partial charge in [-0.25, -0.2) is 0 Å². The van der Waals surface area contributed by atoms with Crippen molar-refractivity contribution in [3.8, 4) is 0 Å². The molecule has 0 heterocycles. The lowest BCUT2D eigenvalue weighted by Crippen LogP contribution is -2.21. The van der Waals surface area contributed by atoms with Crippen molar-refractivity contribution in [2.24, 2.45) is 0 Å². The van der Waals surface area contributed by atoms with Crippen molar-refractivity contribution in [2.75, 3.05) is 13.1 Å². The second-order valence-electron chi connectivity index (χ2n) is 5.08. The first-order valence-corrected chi connectivity index (χ1v) is 7.70. The van der Waals surface area contributed by atoms with Crippen molar-refractivity contribution in [1.29, 1.82) is 0 Å². The van der Waals surface area contributed by atoms with Gasteiger partial charge in [-0.1, -0.05) is 58.8 Å². The number of unbranched alkanes of at least 4 members (excludes halogenated alkanes) is 7. The van der Waals surface area contributed by atoms with Gasteiger partial charge in [0.05, 0.1) is 6.10 Å². The number of aliphatic hydroxyl groups excluding tert-OH is 1. The lowest BCUT2D eigenvalue weighted by molar-refractivity contribution is 0.160. The first-order valence-electron chi connectivity index (χ1n) is 7.70. The number of hydrogen-bond acceptors (Lipinski definition) is 2. The van der Waals surface area contributed by atoms with Crippen molar-refractivity contribution in [3.05, 3.63) is 0 Å². The van der Waals surface area contributed by atoms with E-state index in [9.17, 15) is 5.11 Å². The third-order valence-electron chi connectivity index (χ3n) is 3.33. The van der Waals surface area contributed by atoms with Gasteiger partial charge in [0.25, 0.3) is 0 Å². The van der Waals surface area contributed by atoms with E-state index < -0.39 is 0 Å². The molecule has 0 rings (SSSR count). The average Bonchev–Trinajstić information content (AvgIpc) is 2.35. The van der Waals surface area contributed by atoms with Crippen LogP contribution in [0.15, 0.2) is 0 Å². The molecule has 0 spiro atoms. The third-order valence-corrected chi connectivity index (χ3v) is 3.33. The van der Waals surface area contributed by atoms with Gasteiger partial charge < -0.3 is 10.4 Å². The molecule has 1 unspecified atom stereocenters. The Hall–Kier alpha value is -0.0800. The fourth-order valence-corrected chi connectivity index (χ4v) is 1.98. The van der Waals surface area contributed by atoms with Gasteiger partial charge in [-0.15, -0.1) is 0 Å². The van der Waals surface area contributed by atoms with Crippen molar-refractivity contribution in [1.82, 2.24) is 5.32 Å². The summed E-state index contributed by atoms with van der Waals surface area (Å²) < 4.78 is 0. The molecule has 104 valence electrons. The first kappa shape index (κ1) is 16.9. The normalized spacial score (nSPS) is 12.9. The average molecular weight is 243 g/mol. The van der Waals surface area contributed by atoms with Crippen LogP contribution in [0.5, 0.6) is 0 Å². The van der Waals surface area contributed by atoms with Crippen LogP contribution in [-0.4, -0.2) is 24.3 Å². The summed E-state index contributed by atoms with van der Waals surface area (Å²) in [5, 5.41) is 12.8. The lowest BCUT2D eigenvalue weighted by atomic mass is 10.1. The Bertz CT molecular complexity index is 139. The number of aliphatic hydroxyl groups is 1. The Kier molecular flexibility index (Phi) is 13.9. The summed E-state index contributed by atoms with van der Waals surface area (Å²) in [6.07, 6.45) is 12.7. The van der Waals surface area contributed by atoms with Crippen molar-refractivity contribution in [2.45, 2.75) is 84.2 Å². The van der Waals surface area contributed by atoms with Crippen LogP contribution in [0.2, 0.25) is 0 Å². The van der Waals surface area contributed by atoms with Crippen LogP contribution in [-0.2, 0) is 0 Å². The van der Waals surface area contributed by atoms with Gasteiger partial charge in [-0.05, 0) is 32.4 Å². The van der Waals surface area contributed by atoms with E-state index in [2.05, 4.69) is 12.2 Å². The summed E-state index contributed by atoms with van der Waals surface area (Å²) in [7, 11) is 0. The first-order chi connectivity index (χ1) is 8.31. The molecule has 0 fully saturated rings. The molecule has 0 amide bonds. The molecule has 0 saturated carbocycles. The maximum Gasteiger partial charge on any atom is 0.0549 e. The molecule has 0 aliphatic carbocycles. The van der Waals surface area contributed by atoms with Crippen molar-refractivity contribution >= 4 is 0 Å². The van der Waals surface area contributed by atoms with Crippen LogP contribution in [0.4, 0.5) is 0 Å². The quantitative estimate of drug-likeness (QED) is 0.481. The van der Waals surface area contributed by atoms with E-state index in [-0.39, 0.29) is 6.10 Å². The van der Waals surface area contributed by atoms with E-state index in [0.717, 1.165) is 25.9 Å². The molecule has 17 heavy (non-hydrogen) atoms. The topological polar surface area (TPSA) is 32.3 Å². The molecule has 0 bridgehead atoms. The Morgan fingerprint density at radius 2 is 1.41 bits per heavy atom. The fourth-order valence-electron chi connectivity index (χ4n) is 1.98. The molecule has 2 N–H and O–H groups in total. The van der Waals surface area contributed by atoms with E-state index in [1.165, 1.54) is 51.4 Å². The highest BCUT2D eigenvalue weighted by molar-refractivity contribution is 4.56. The van der Waals surface area contributed by atoms with Gasteiger partial charge in [0.2, 0.25) is 0 Å². The van der Waals surface area contributed by atoms with Crippen LogP contribution >= 0.6 is 0 Å². The Balaban J connectivity index is 2.94. The van der Waals surface area contributed by atoms with E-state index >= 15 is 0 Å². The van der Waals surface area contributed by atoms with Crippen LogP contribution in [0, 0.1) is 0 Å². The summed E-state index contributed by atoms with van der Waals surface area (Å²) in [5.74, 6) is 0. The summed E-state index contributed by atoms with van der Waals surface area (Å²) in [4.78, 5) is 0. The predicted octanol–water partition coefficient (Wildman–Crippen LogP) is 3.88. The Morgan fingerprint density at radius 1 is 0.824 bits per heavy atom. The van der Waals surface area contributed by atoms with Gasteiger partial charge in [-0.3, -0.25) is 0 Å². The molecule has 2 nitrogen and oxygen atoms in total. The smallest absolute Gasteiger partial charge is 0.0549 e. The SMILES string of the molecule is CCCCCCCCCCNCCC(O)CC. The molecule has 0 radical (unpaired) electrons. The van der Waals surface area contributed by atoms with E-state index in [1.54, 1.807) is 0 Å². The van der Waals surface area contributed by atoms with Crippen LogP contribution in [0.1, 0.15) is 78.1 Å². The van der Waals surface area contributed by atoms with Gasteiger partial charge in [0.15, 0.2) is 0 Å². The highest BCUT2D eigenvalue weighted by Gasteiger charge is 1.98. The molecule has 0 aromatic rings. The fraction of sp³-hybridized carbons (Fsp3) is 1.00. The van der Waals surface area contributed by atoms with E-state index in [0.29, 0.717) is 0 Å². The van der Waals surface area contributed by atoms with E-state index in [4.69, 9.17) is 0 Å². The minimum atomic E-state index is -0.110. The minimum Gasteiger partial charge on any atom is -0.393 e. The van der Waals surface area contributed by atoms with Crippen molar-refractivity contribution < 1.29 is 5.11 Å². The Labute approximate surface area is 108 Å². The number of nitrogens with one attached hydrogen (secondary N) is 1. The second-order valence-corrected chi connectivity index (χ2v) is 5.08. The molecule has 1 atom stereocenters. The second kappa shape index (κ2) is 14.0. The van der Waals surface area contributed by atoms with Crippen LogP contribution in [0.3, 0.4) is 0 Å². The largest absolute Gasteiger partial charge is 0.393 e. The minimum absolute atomic E-state index is 0.110. The molecule has 0 aliphatic rings. The standard InChI is InChI=1S/C15H33NO/c1-3-5-6-7-8-9-10-11-13-16-14-12-15(17)4-2/h15-17H,3-14H2,1-2H3. The van der Waals surface area contributed by atoms with E-state index in [1.807, 2.05) is 6.92 Å². The lowest BCUT2D eigenvalue weighted by Gasteiger charge is -2.08. The van der Waals surface area contributed by atoms with Gasteiger partial charge >= 0.3 is 0 Å². The van der Waals surface area contributed by atoms with Gasteiger partial charge in [-0.2, -0.15) is 0 Å². The summed E-state index contributed by atoms with van der Waals surface area (Å²) in [6.45, 7) is 6.38. The summed E-state index contributed by atoms with van der Waals surface area (Å²) >= 11 is 0. The highest BCUT2D eigenvalue weighted by atomic mass is 16.3. The maximum atomic E-state index is 9.36. The maximum absolute atomic E-state index is 9.36. The van der Waals surface area contributed by atoms with Crippen LogP contribution < -0.4 is 5.32 Å². The summed E-state index contributed by atoms with van der Waals surface area (Å²) in [5.41, 5.74) is 0. The monoisotopic (exact) mass is 243 g/mol. The zero-order chi connectivity index (χ0) is 12.8. The van der Waals surface area contributed by atoms with Gasteiger partial charge in [0, 0.05) is 0 Å². The Morgan fingerprint density at radius 3 is 2.00 bits per heavy atom. The molecule has 2 heteroatoms. The molecule has 0 aromatic heterocycles. The molecule has 0 aliphatic heterocycles. The molecular weight excluding hydrogens is 210 g/mol. The third kappa shape index (κ3) is 13.9. The highest BCUT2D eigenvalue weighted by Crippen LogP contribution is 2.07. The van der Waals surface area contributed by atoms with Crippen molar-refractivity contribution in [3.63, 3.8) is 0 Å². The predicted molar refractivity (Wildman–Crippen MR) is 76.4 cm³/mol. The molecule has 0 saturated heterocycles. The summed E-state index contributed by atoms with van der Waals surface area (Å²) in [6, 6.07) is 0. The number of hydrogen-bond donors (Lipinski definition) is 2. The van der Waals surface area contributed by atoms with Crippen LogP contribution in [0.25, 0.3) is 0 Å². The molecular formula is C15H33NO.